The Hall–Kier alpha value is -1.69. The Kier molecular flexibility index (Phi) is 3.23. The number of hydrogen-bond acceptors (Lipinski definition) is 4. The first-order valence-corrected chi connectivity index (χ1v) is 5.78. The molecule has 0 fully saturated rings. The molecule has 6 heteroatoms. The van der Waals surface area contributed by atoms with Crippen LogP contribution < -0.4 is 5.73 Å². The summed E-state index contributed by atoms with van der Waals surface area (Å²) in [5.41, 5.74) is 7.88. The number of aromatic nitrogens is 5. The van der Waals surface area contributed by atoms with Gasteiger partial charge in [0.2, 0.25) is 0 Å². The van der Waals surface area contributed by atoms with E-state index in [0.717, 1.165) is 17.9 Å². The molecule has 0 aliphatic carbocycles. The van der Waals surface area contributed by atoms with Gasteiger partial charge in [0.1, 0.15) is 6.33 Å². The first kappa shape index (κ1) is 11.8. The fraction of sp³-hybridized carbons (Fsp3) is 0.545. The van der Waals surface area contributed by atoms with E-state index < -0.39 is 0 Å². The zero-order valence-electron chi connectivity index (χ0n) is 10.5. The maximum atomic E-state index is 5.72. The summed E-state index contributed by atoms with van der Waals surface area (Å²) in [6.07, 6.45) is 1.71. The van der Waals surface area contributed by atoms with Crippen LogP contribution in [0.1, 0.15) is 37.1 Å². The predicted molar refractivity (Wildman–Crippen MR) is 64.4 cm³/mol. The van der Waals surface area contributed by atoms with Crippen LogP contribution >= 0.6 is 0 Å². The second kappa shape index (κ2) is 4.67. The Morgan fingerprint density at radius 3 is 2.76 bits per heavy atom. The number of nitrogens with two attached hydrogens (primary N) is 1. The van der Waals surface area contributed by atoms with Crippen molar-refractivity contribution >= 4 is 0 Å². The van der Waals surface area contributed by atoms with Crippen molar-refractivity contribution < 1.29 is 0 Å². The first-order valence-electron chi connectivity index (χ1n) is 5.78. The van der Waals surface area contributed by atoms with Gasteiger partial charge in [-0.1, -0.05) is 0 Å². The van der Waals surface area contributed by atoms with E-state index in [9.17, 15) is 0 Å². The van der Waals surface area contributed by atoms with Gasteiger partial charge in [-0.15, -0.1) is 0 Å². The normalized spacial score (nSPS) is 12.9. The molecule has 0 radical (unpaired) electrons. The summed E-state index contributed by atoms with van der Waals surface area (Å²) in [5, 5.41) is 8.73. The van der Waals surface area contributed by atoms with E-state index in [1.807, 2.05) is 18.5 Å². The summed E-state index contributed by atoms with van der Waals surface area (Å²) in [5.74, 6) is 0.671. The highest BCUT2D eigenvalue weighted by molar-refractivity contribution is 5.09. The largest absolute Gasteiger partial charge is 0.321 e. The number of aryl methyl sites for hydroxylation is 2. The maximum absolute atomic E-state index is 5.72. The van der Waals surface area contributed by atoms with Crippen molar-refractivity contribution in [3.05, 3.63) is 29.6 Å². The minimum Gasteiger partial charge on any atom is -0.321 e. The number of hydrogen-bond donors (Lipinski definition) is 1. The van der Waals surface area contributed by atoms with Crippen molar-refractivity contribution in [2.75, 3.05) is 0 Å². The third-order valence-electron chi connectivity index (χ3n) is 2.57. The highest BCUT2D eigenvalue weighted by Gasteiger charge is 2.08. The average molecular weight is 234 g/mol. The summed E-state index contributed by atoms with van der Waals surface area (Å²) < 4.78 is 3.77. The molecule has 2 aromatic heterocycles. The van der Waals surface area contributed by atoms with Crippen LogP contribution in [-0.4, -0.2) is 24.5 Å². The molecule has 17 heavy (non-hydrogen) atoms. The zero-order chi connectivity index (χ0) is 12.4. The third kappa shape index (κ3) is 2.52. The van der Waals surface area contributed by atoms with Gasteiger partial charge >= 0.3 is 0 Å². The lowest BCUT2D eigenvalue weighted by atomic mass is 10.3. The molecule has 0 aliphatic heterocycles. The fourth-order valence-corrected chi connectivity index (χ4v) is 1.76. The number of nitrogens with zero attached hydrogens (tertiary/aromatic N) is 5. The van der Waals surface area contributed by atoms with Crippen LogP contribution in [0.3, 0.4) is 0 Å². The first-order chi connectivity index (χ1) is 8.10. The van der Waals surface area contributed by atoms with E-state index in [4.69, 9.17) is 5.73 Å². The van der Waals surface area contributed by atoms with Crippen LogP contribution in [0.25, 0.3) is 0 Å². The second-order valence-corrected chi connectivity index (χ2v) is 4.18. The molecule has 92 valence electrons. The highest BCUT2D eigenvalue weighted by atomic mass is 15.4. The van der Waals surface area contributed by atoms with Crippen molar-refractivity contribution in [1.82, 2.24) is 24.5 Å². The van der Waals surface area contributed by atoms with E-state index >= 15 is 0 Å². The zero-order valence-corrected chi connectivity index (χ0v) is 10.5. The Bertz CT molecular complexity index is 496. The van der Waals surface area contributed by atoms with Gasteiger partial charge in [0.25, 0.3) is 0 Å². The summed E-state index contributed by atoms with van der Waals surface area (Å²) in [7, 11) is 0. The standard InChI is InChI=1S/C11H18N6/c1-4-17-10(5-8(2)14-17)6-16-7-13-11(15-16)9(3)12/h5,7,9H,4,6,12H2,1-3H3. The van der Waals surface area contributed by atoms with Crippen LogP contribution in [0.4, 0.5) is 0 Å². The van der Waals surface area contributed by atoms with Crippen LogP contribution in [0.2, 0.25) is 0 Å². The van der Waals surface area contributed by atoms with Gasteiger partial charge in [-0.2, -0.15) is 10.2 Å². The molecular weight excluding hydrogens is 216 g/mol. The molecular formula is C11H18N6. The number of rotatable bonds is 4. The predicted octanol–water partition coefficient (Wildman–Crippen LogP) is 0.871. The molecule has 2 aromatic rings. The summed E-state index contributed by atoms with van der Waals surface area (Å²) in [6, 6.07) is 1.94. The van der Waals surface area contributed by atoms with E-state index in [1.54, 1.807) is 11.0 Å². The molecule has 0 aromatic carbocycles. The minimum absolute atomic E-state index is 0.130. The van der Waals surface area contributed by atoms with Crippen molar-refractivity contribution in [2.24, 2.45) is 5.73 Å². The average Bonchev–Trinajstić information content (AvgIpc) is 2.86. The molecule has 0 saturated heterocycles. The fourth-order valence-electron chi connectivity index (χ4n) is 1.76. The van der Waals surface area contributed by atoms with Gasteiger partial charge in [0.05, 0.1) is 24.0 Å². The van der Waals surface area contributed by atoms with Gasteiger partial charge in [-0.3, -0.25) is 4.68 Å². The van der Waals surface area contributed by atoms with Crippen LogP contribution in [0.15, 0.2) is 12.4 Å². The topological polar surface area (TPSA) is 74.5 Å². The van der Waals surface area contributed by atoms with Crippen molar-refractivity contribution in [3.63, 3.8) is 0 Å². The molecule has 0 spiro atoms. The summed E-state index contributed by atoms with van der Waals surface area (Å²) in [4.78, 5) is 4.17. The van der Waals surface area contributed by atoms with Gasteiger partial charge in [-0.25, -0.2) is 9.67 Å². The Labute approximate surface area is 100 Å². The maximum Gasteiger partial charge on any atom is 0.166 e. The smallest absolute Gasteiger partial charge is 0.166 e. The minimum atomic E-state index is -0.130. The summed E-state index contributed by atoms with van der Waals surface area (Å²) >= 11 is 0. The molecule has 1 atom stereocenters. The lowest BCUT2D eigenvalue weighted by molar-refractivity contribution is 0.568. The highest BCUT2D eigenvalue weighted by Crippen LogP contribution is 2.07. The van der Waals surface area contributed by atoms with Gasteiger partial charge in [0, 0.05) is 6.54 Å². The summed E-state index contributed by atoms with van der Waals surface area (Å²) in [6.45, 7) is 7.47. The van der Waals surface area contributed by atoms with Crippen molar-refractivity contribution in [2.45, 2.75) is 39.9 Å². The quantitative estimate of drug-likeness (QED) is 0.851. The van der Waals surface area contributed by atoms with E-state index in [0.29, 0.717) is 12.4 Å². The molecule has 2 heterocycles. The molecule has 0 amide bonds. The molecule has 0 aliphatic rings. The molecule has 1 unspecified atom stereocenters. The molecule has 0 bridgehead atoms. The Morgan fingerprint density at radius 1 is 1.41 bits per heavy atom. The molecule has 0 saturated carbocycles. The Morgan fingerprint density at radius 2 is 2.18 bits per heavy atom. The lowest BCUT2D eigenvalue weighted by Crippen LogP contribution is -2.10. The SMILES string of the molecule is CCn1nc(C)cc1Cn1cnc(C(C)N)n1. The molecule has 2 rings (SSSR count). The van der Waals surface area contributed by atoms with E-state index in [-0.39, 0.29) is 6.04 Å². The molecule has 6 nitrogen and oxygen atoms in total. The third-order valence-corrected chi connectivity index (χ3v) is 2.57. The van der Waals surface area contributed by atoms with Crippen molar-refractivity contribution in [1.29, 1.82) is 0 Å². The van der Waals surface area contributed by atoms with E-state index in [2.05, 4.69) is 28.2 Å². The lowest BCUT2D eigenvalue weighted by Gasteiger charge is -2.04. The monoisotopic (exact) mass is 234 g/mol. The van der Waals surface area contributed by atoms with Crippen LogP contribution in [0.5, 0.6) is 0 Å². The Balaban J connectivity index is 2.19. The van der Waals surface area contributed by atoms with Gasteiger partial charge < -0.3 is 5.73 Å². The van der Waals surface area contributed by atoms with Gasteiger partial charge in [-0.05, 0) is 26.8 Å². The van der Waals surface area contributed by atoms with Crippen molar-refractivity contribution in [3.8, 4) is 0 Å². The molecule has 2 N–H and O–H groups in total. The van der Waals surface area contributed by atoms with Crippen LogP contribution in [-0.2, 0) is 13.1 Å². The second-order valence-electron chi connectivity index (χ2n) is 4.18. The van der Waals surface area contributed by atoms with Gasteiger partial charge in [0.15, 0.2) is 5.82 Å². The van der Waals surface area contributed by atoms with Crippen LogP contribution in [0, 0.1) is 6.92 Å². The van der Waals surface area contributed by atoms with E-state index in [1.165, 1.54) is 0 Å².